The van der Waals surface area contributed by atoms with E-state index in [-0.39, 0.29) is 0 Å². The molecule has 0 radical (unpaired) electrons. The van der Waals surface area contributed by atoms with Crippen LogP contribution in [0, 0.1) is 0 Å². The molecular weight excluding hydrogens is 262 g/mol. The summed E-state index contributed by atoms with van der Waals surface area (Å²) in [6, 6.07) is 8.58. The van der Waals surface area contributed by atoms with Crippen LogP contribution in [-0.4, -0.2) is 33.2 Å². The molecule has 5 heteroatoms. The van der Waals surface area contributed by atoms with Crippen LogP contribution in [0.4, 0.5) is 0 Å². The largest absolute Gasteiger partial charge is 0.341 e. The van der Waals surface area contributed by atoms with Gasteiger partial charge in [0.25, 0.3) is 0 Å². The molecule has 0 aliphatic rings. The van der Waals surface area contributed by atoms with E-state index in [1.807, 2.05) is 20.3 Å². The number of aromatic nitrogens is 4. The van der Waals surface area contributed by atoms with Crippen molar-refractivity contribution in [1.82, 2.24) is 24.9 Å². The number of hydrogen-bond donors (Lipinski definition) is 1. The lowest BCUT2D eigenvalue weighted by Gasteiger charge is -2.01. The van der Waals surface area contributed by atoms with Crippen molar-refractivity contribution >= 4 is 10.9 Å². The Morgan fingerprint density at radius 2 is 2.05 bits per heavy atom. The number of benzene rings is 1. The highest BCUT2D eigenvalue weighted by molar-refractivity contribution is 5.84. The molecular formula is C16H21N5. The molecule has 0 bridgehead atoms. The second kappa shape index (κ2) is 6.10. The van der Waals surface area contributed by atoms with Crippen molar-refractivity contribution in [3.05, 3.63) is 47.9 Å². The van der Waals surface area contributed by atoms with Gasteiger partial charge in [0.2, 0.25) is 0 Å². The first kappa shape index (κ1) is 13.8. The van der Waals surface area contributed by atoms with Crippen molar-refractivity contribution in [2.45, 2.75) is 19.4 Å². The second-order valence-electron chi connectivity index (χ2n) is 5.39. The minimum atomic E-state index is 0.764. The van der Waals surface area contributed by atoms with Gasteiger partial charge in [0, 0.05) is 30.3 Å². The third-order valence-electron chi connectivity index (χ3n) is 3.73. The molecule has 0 saturated carbocycles. The molecule has 1 aromatic carbocycles. The van der Waals surface area contributed by atoms with E-state index >= 15 is 0 Å². The fourth-order valence-corrected chi connectivity index (χ4v) is 2.75. The molecule has 3 aromatic rings. The highest BCUT2D eigenvalue weighted by atomic mass is 15.4. The summed E-state index contributed by atoms with van der Waals surface area (Å²) in [5, 5.41) is 12.7. The summed E-state index contributed by atoms with van der Waals surface area (Å²) in [7, 11) is 3.89. The molecule has 0 saturated heterocycles. The van der Waals surface area contributed by atoms with Crippen molar-refractivity contribution in [2.24, 2.45) is 7.05 Å². The molecule has 0 aliphatic heterocycles. The van der Waals surface area contributed by atoms with Crippen LogP contribution in [0.25, 0.3) is 10.9 Å². The second-order valence-corrected chi connectivity index (χ2v) is 5.39. The Labute approximate surface area is 124 Å². The quantitative estimate of drug-likeness (QED) is 0.704. The molecule has 5 nitrogen and oxygen atoms in total. The van der Waals surface area contributed by atoms with Gasteiger partial charge < -0.3 is 9.88 Å². The van der Waals surface area contributed by atoms with Gasteiger partial charge in [0.05, 0.1) is 6.54 Å². The van der Waals surface area contributed by atoms with Crippen LogP contribution in [0.3, 0.4) is 0 Å². The number of nitrogens with one attached hydrogen (secondary N) is 1. The molecule has 0 unspecified atom stereocenters. The summed E-state index contributed by atoms with van der Waals surface area (Å²) < 4.78 is 4.02. The van der Waals surface area contributed by atoms with E-state index in [1.165, 1.54) is 16.5 Å². The third kappa shape index (κ3) is 2.97. The summed E-state index contributed by atoms with van der Waals surface area (Å²) in [4.78, 5) is 0. The monoisotopic (exact) mass is 283 g/mol. The van der Waals surface area contributed by atoms with Gasteiger partial charge in [-0.05, 0) is 38.1 Å². The average Bonchev–Trinajstić information content (AvgIpc) is 3.05. The average molecular weight is 283 g/mol. The zero-order chi connectivity index (χ0) is 14.7. The Morgan fingerprint density at radius 3 is 2.81 bits per heavy atom. The zero-order valence-corrected chi connectivity index (χ0v) is 12.6. The van der Waals surface area contributed by atoms with E-state index in [1.54, 1.807) is 4.68 Å². The van der Waals surface area contributed by atoms with Gasteiger partial charge in [-0.25, -0.2) is 0 Å². The van der Waals surface area contributed by atoms with E-state index in [0.29, 0.717) is 0 Å². The number of aryl methyl sites for hydroxylation is 2. The molecule has 21 heavy (non-hydrogen) atoms. The minimum absolute atomic E-state index is 0.764. The van der Waals surface area contributed by atoms with E-state index < -0.39 is 0 Å². The van der Waals surface area contributed by atoms with Gasteiger partial charge in [0.1, 0.15) is 5.69 Å². The van der Waals surface area contributed by atoms with Gasteiger partial charge in [-0.3, -0.25) is 4.68 Å². The lowest BCUT2D eigenvalue weighted by atomic mass is 10.1. The van der Waals surface area contributed by atoms with Crippen LogP contribution in [-0.2, 0) is 20.0 Å². The van der Waals surface area contributed by atoms with Gasteiger partial charge in [-0.2, -0.15) is 0 Å². The van der Waals surface area contributed by atoms with E-state index in [4.69, 9.17) is 0 Å². The molecule has 2 heterocycles. The molecule has 2 aromatic heterocycles. The van der Waals surface area contributed by atoms with Crippen molar-refractivity contribution < 1.29 is 0 Å². The molecule has 0 aliphatic carbocycles. The van der Waals surface area contributed by atoms with Crippen molar-refractivity contribution in [3.8, 4) is 0 Å². The molecule has 0 amide bonds. The lowest BCUT2D eigenvalue weighted by molar-refractivity contribution is 0.710. The predicted octanol–water partition coefficient (Wildman–Crippen LogP) is 1.97. The van der Waals surface area contributed by atoms with Gasteiger partial charge in [-0.1, -0.05) is 23.4 Å². The first-order valence-electron chi connectivity index (χ1n) is 7.34. The maximum Gasteiger partial charge on any atom is 0.102 e. The van der Waals surface area contributed by atoms with Crippen molar-refractivity contribution in [3.63, 3.8) is 0 Å². The standard InChI is InChI=1S/C16H21N5/c1-17-9-5-6-13-10-21(12-14-11-20(2)19-18-14)16-8-4-3-7-15(13)16/h3-4,7-8,10-11,17H,5-6,9,12H2,1-2H3. The number of nitrogens with zero attached hydrogens (tertiary/aromatic N) is 4. The van der Waals surface area contributed by atoms with Crippen molar-refractivity contribution in [2.75, 3.05) is 13.6 Å². The molecule has 0 fully saturated rings. The number of hydrogen-bond acceptors (Lipinski definition) is 3. The molecule has 0 atom stereocenters. The number of rotatable bonds is 6. The molecule has 1 N–H and O–H groups in total. The number of para-hydroxylation sites is 1. The van der Waals surface area contributed by atoms with Gasteiger partial charge >= 0.3 is 0 Å². The summed E-state index contributed by atoms with van der Waals surface area (Å²) in [6.07, 6.45) is 6.47. The third-order valence-corrected chi connectivity index (χ3v) is 3.73. The predicted molar refractivity (Wildman–Crippen MR) is 84.3 cm³/mol. The first-order chi connectivity index (χ1) is 10.3. The smallest absolute Gasteiger partial charge is 0.102 e. The van der Waals surface area contributed by atoms with Crippen molar-refractivity contribution in [1.29, 1.82) is 0 Å². The summed E-state index contributed by atoms with van der Waals surface area (Å²) >= 11 is 0. The Balaban J connectivity index is 1.90. The lowest BCUT2D eigenvalue weighted by Crippen LogP contribution is -2.08. The Bertz CT molecular complexity index is 725. The highest BCUT2D eigenvalue weighted by Gasteiger charge is 2.09. The van der Waals surface area contributed by atoms with Gasteiger partial charge in [-0.15, -0.1) is 5.10 Å². The van der Waals surface area contributed by atoms with Gasteiger partial charge in [0.15, 0.2) is 0 Å². The molecule has 3 rings (SSSR count). The normalized spacial score (nSPS) is 11.3. The number of fused-ring (bicyclic) bond motifs is 1. The summed E-state index contributed by atoms with van der Waals surface area (Å²) in [6.45, 7) is 1.81. The van der Waals surface area contributed by atoms with Crippen LogP contribution in [0.1, 0.15) is 17.7 Å². The van der Waals surface area contributed by atoms with Crippen LogP contribution >= 0.6 is 0 Å². The van der Waals surface area contributed by atoms with Crippen LogP contribution < -0.4 is 5.32 Å². The Kier molecular flexibility index (Phi) is 4.01. The molecule has 110 valence electrons. The Morgan fingerprint density at radius 1 is 1.19 bits per heavy atom. The van der Waals surface area contributed by atoms with Crippen LogP contribution in [0.2, 0.25) is 0 Å². The maximum atomic E-state index is 4.18. The first-order valence-corrected chi connectivity index (χ1v) is 7.34. The van der Waals surface area contributed by atoms with E-state index in [9.17, 15) is 0 Å². The fourth-order valence-electron chi connectivity index (χ4n) is 2.75. The summed E-state index contributed by atoms with van der Waals surface area (Å²) in [5.74, 6) is 0. The maximum absolute atomic E-state index is 4.18. The zero-order valence-electron chi connectivity index (χ0n) is 12.6. The van der Waals surface area contributed by atoms with Crippen LogP contribution in [0.5, 0.6) is 0 Å². The highest BCUT2D eigenvalue weighted by Crippen LogP contribution is 2.23. The van der Waals surface area contributed by atoms with Crippen LogP contribution in [0.15, 0.2) is 36.7 Å². The fraction of sp³-hybridized carbons (Fsp3) is 0.375. The SMILES string of the molecule is CNCCCc1cn(Cc2cn(C)nn2)c2ccccc12. The van der Waals surface area contributed by atoms with E-state index in [0.717, 1.165) is 31.6 Å². The Hall–Kier alpha value is -2.14. The topological polar surface area (TPSA) is 47.7 Å². The van der Waals surface area contributed by atoms with E-state index in [2.05, 4.69) is 50.7 Å². The minimum Gasteiger partial charge on any atom is -0.341 e. The summed E-state index contributed by atoms with van der Waals surface area (Å²) in [5.41, 5.74) is 3.66. The molecule has 0 spiro atoms.